The van der Waals surface area contributed by atoms with E-state index < -0.39 is 0 Å². The van der Waals surface area contributed by atoms with Crippen molar-refractivity contribution in [3.8, 4) is 5.75 Å². The molecule has 0 radical (unpaired) electrons. The summed E-state index contributed by atoms with van der Waals surface area (Å²) in [5.74, 6) is 0.625. The lowest BCUT2D eigenvalue weighted by atomic mass is 10.1. The third-order valence-electron chi connectivity index (χ3n) is 3.15. The molecule has 0 aliphatic carbocycles. The van der Waals surface area contributed by atoms with E-state index >= 15 is 0 Å². The van der Waals surface area contributed by atoms with Gasteiger partial charge in [0.2, 0.25) is 0 Å². The van der Waals surface area contributed by atoms with Gasteiger partial charge in [0, 0.05) is 12.4 Å². The highest BCUT2D eigenvalue weighted by Crippen LogP contribution is 2.22. The zero-order chi connectivity index (χ0) is 13.9. The Morgan fingerprint density at radius 3 is 2.95 bits per heavy atom. The van der Waals surface area contributed by atoms with E-state index in [9.17, 15) is 4.79 Å². The van der Waals surface area contributed by atoms with Crippen LogP contribution in [0.5, 0.6) is 5.75 Å². The molecule has 4 heteroatoms. The minimum Gasteiger partial charge on any atom is -0.486 e. The van der Waals surface area contributed by atoms with Crippen molar-refractivity contribution in [3.63, 3.8) is 0 Å². The first kappa shape index (κ1) is 12.4. The molecule has 2 aromatic heterocycles. The van der Waals surface area contributed by atoms with Crippen LogP contribution in [0.15, 0.2) is 48.8 Å². The van der Waals surface area contributed by atoms with E-state index in [0.29, 0.717) is 17.9 Å². The summed E-state index contributed by atoms with van der Waals surface area (Å²) in [5, 5.41) is 0. The van der Waals surface area contributed by atoms with Crippen LogP contribution in [-0.2, 0) is 6.61 Å². The lowest BCUT2D eigenvalue weighted by molar-refractivity contribution is 0.111. The van der Waals surface area contributed by atoms with Gasteiger partial charge in [-0.05, 0) is 30.7 Å². The first-order chi connectivity index (χ1) is 9.78. The number of aromatic nitrogens is 2. The number of nitrogens with zero attached hydrogens (tertiary/aromatic N) is 2. The fraction of sp³-hybridized carbons (Fsp3) is 0.125. The predicted octanol–water partition coefficient (Wildman–Crippen LogP) is 3.03. The summed E-state index contributed by atoms with van der Waals surface area (Å²) in [6.45, 7) is 2.26. The smallest absolute Gasteiger partial charge is 0.153 e. The van der Waals surface area contributed by atoms with E-state index in [1.165, 1.54) is 0 Å². The molecule has 4 nitrogen and oxygen atoms in total. The SMILES string of the molecule is Cc1cccc(C=O)c1OCc1cn2ccccc2n1. The highest BCUT2D eigenvalue weighted by molar-refractivity contribution is 5.80. The summed E-state index contributed by atoms with van der Waals surface area (Å²) < 4.78 is 7.71. The molecule has 0 fully saturated rings. The summed E-state index contributed by atoms with van der Waals surface area (Å²) in [5.41, 5.74) is 3.22. The van der Waals surface area contributed by atoms with Crippen molar-refractivity contribution in [2.24, 2.45) is 0 Å². The van der Waals surface area contributed by atoms with Gasteiger partial charge in [0.1, 0.15) is 18.0 Å². The number of carbonyl (C=O) groups is 1. The molecule has 0 aliphatic rings. The van der Waals surface area contributed by atoms with Gasteiger partial charge in [-0.1, -0.05) is 18.2 Å². The number of benzene rings is 1. The molecule has 0 saturated heterocycles. The third-order valence-corrected chi connectivity index (χ3v) is 3.15. The van der Waals surface area contributed by atoms with Crippen molar-refractivity contribution in [1.82, 2.24) is 9.38 Å². The maximum Gasteiger partial charge on any atom is 0.153 e. The maximum absolute atomic E-state index is 11.0. The number of carbonyl (C=O) groups excluding carboxylic acids is 1. The monoisotopic (exact) mass is 266 g/mol. The second kappa shape index (κ2) is 5.17. The zero-order valence-corrected chi connectivity index (χ0v) is 11.1. The second-order valence-electron chi connectivity index (χ2n) is 4.60. The van der Waals surface area contributed by atoms with Crippen molar-refractivity contribution in [3.05, 3.63) is 65.6 Å². The summed E-state index contributed by atoms with van der Waals surface area (Å²) in [6.07, 6.45) is 4.68. The maximum atomic E-state index is 11.0. The number of hydrogen-bond acceptors (Lipinski definition) is 3. The van der Waals surface area contributed by atoms with E-state index in [1.54, 1.807) is 6.07 Å². The van der Waals surface area contributed by atoms with Crippen LogP contribution in [0.3, 0.4) is 0 Å². The molecule has 0 unspecified atom stereocenters. The Kier molecular flexibility index (Phi) is 3.21. The van der Waals surface area contributed by atoms with Crippen molar-refractivity contribution in [2.45, 2.75) is 13.5 Å². The number of ether oxygens (including phenoxy) is 1. The van der Waals surface area contributed by atoms with E-state index in [2.05, 4.69) is 4.98 Å². The Hall–Kier alpha value is -2.62. The summed E-state index contributed by atoms with van der Waals surface area (Å²) in [7, 11) is 0. The quantitative estimate of drug-likeness (QED) is 0.682. The van der Waals surface area contributed by atoms with E-state index in [0.717, 1.165) is 23.2 Å². The number of imidazole rings is 1. The molecule has 1 aromatic carbocycles. The van der Waals surface area contributed by atoms with E-state index in [4.69, 9.17) is 4.74 Å². The van der Waals surface area contributed by atoms with Crippen LogP contribution >= 0.6 is 0 Å². The molecule has 20 heavy (non-hydrogen) atoms. The topological polar surface area (TPSA) is 43.6 Å². The number of para-hydroxylation sites is 1. The molecule has 2 heterocycles. The van der Waals surface area contributed by atoms with Crippen molar-refractivity contribution < 1.29 is 9.53 Å². The Morgan fingerprint density at radius 2 is 2.15 bits per heavy atom. The molecule has 0 N–H and O–H groups in total. The Bertz CT molecular complexity index is 729. The average molecular weight is 266 g/mol. The van der Waals surface area contributed by atoms with E-state index in [1.807, 2.05) is 54.0 Å². The molecule has 0 bridgehead atoms. The highest BCUT2D eigenvalue weighted by atomic mass is 16.5. The molecule has 0 amide bonds. The number of aryl methyl sites for hydroxylation is 1. The van der Waals surface area contributed by atoms with Gasteiger partial charge in [0.05, 0.1) is 11.3 Å². The normalized spacial score (nSPS) is 10.7. The predicted molar refractivity (Wildman–Crippen MR) is 76.1 cm³/mol. The van der Waals surface area contributed by atoms with E-state index in [-0.39, 0.29) is 0 Å². The first-order valence-corrected chi connectivity index (χ1v) is 6.38. The van der Waals surface area contributed by atoms with Gasteiger partial charge in [-0.3, -0.25) is 4.79 Å². The van der Waals surface area contributed by atoms with Crippen molar-refractivity contribution >= 4 is 11.9 Å². The molecular weight excluding hydrogens is 252 g/mol. The standard InChI is InChI=1S/C16H14N2O2/c1-12-5-4-6-13(10-19)16(12)20-11-14-9-18-8-3-2-7-15(18)17-14/h2-10H,11H2,1H3. The average Bonchev–Trinajstić information content (AvgIpc) is 2.88. The summed E-state index contributed by atoms with van der Waals surface area (Å²) >= 11 is 0. The number of aldehydes is 1. The molecular formula is C16H14N2O2. The zero-order valence-electron chi connectivity index (χ0n) is 11.1. The molecule has 0 atom stereocenters. The van der Waals surface area contributed by atoms with Crippen LogP contribution < -0.4 is 4.74 Å². The van der Waals surface area contributed by atoms with Gasteiger partial charge >= 0.3 is 0 Å². The first-order valence-electron chi connectivity index (χ1n) is 6.38. The summed E-state index contributed by atoms with van der Waals surface area (Å²) in [4.78, 5) is 15.5. The van der Waals surface area contributed by atoms with Crippen LogP contribution in [0.1, 0.15) is 21.6 Å². The Labute approximate surface area is 116 Å². The highest BCUT2D eigenvalue weighted by Gasteiger charge is 2.08. The number of pyridine rings is 1. The van der Waals surface area contributed by atoms with Gasteiger partial charge < -0.3 is 9.14 Å². The van der Waals surface area contributed by atoms with Crippen molar-refractivity contribution in [1.29, 1.82) is 0 Å². The number of rotatable bonds is 4. The molecule has 3 rings (SSSR count). The molecule has 3 aromatic rings. The largest absolute Gasteiger partial charge is 0.486 e. The van der Waals surface area contributed by atoms with Crippen LogP contribution in [0.25, 0.3) is 5.65 Å². The van der Waals surface area contributed by atoms with Gasteiger partial charge in [-0.2, -0.15) is 0 Å². The fourth-order valence-corrected chi connectivity index (χ4v) is 2.17. The molecule has 0 saturated carbocycles. The Morgan fingerprint density at radius 1 is 1.25 bits per heavy atom. The second-order valence-corrected chi connectivity index (χ2v) is 4.60. The van der Waals surface area contributed by atoms with Crippen LogP contribution in [0.4, 0.5) is 0 Å². The van der Waals surface area contributed by atoms with Crippen LogP contribution in [0.2, 0.25) is 0 Å². The number of fused-ring (bicyclic) bond motifs is 1. The minimum atomic E-state index is 0.341. The van der Waals surface area contributed by atoms with Gasteiger partial charge in [-0.15, -0.1) is 0 Å². The lowest BCUT2D eigenvalue weighted by Crippen LogP contribution is -2.00. The third kappa shape index (κ3) is 2.28. The summed E-state index contributed by atoms with van der Waals surface area (Å²) in [6, 6.07) is 11.3. The molecule has 100 valence electrons. The van der Waals surface area contributed by atoms with Gasteiger partial charge in [0.25, 0.3) is 0 Å². The van der Waals surface area contributed by atoms with Gasteiger partial charge in [-0.25, -0.2) is 4.98 Å². The number of hydrogen-bond donors (Lipinski definition) is 0. The fourth-order valence-electron chi connectivity index (χ4n) is 2.17. The minimum absolute atomic E-state index is 0.341. The molecule has 0 aliphatic heterocycles. The Balaban J connectivity index is 1.84. The van der Waals surface area contributed by atoms with Gasteiger partial charge in [0.15, 0.2) is 6.29 Å². The van der Waals surface area contributed by atoms with Crippen LogP contribution in [-0.4, -0.2) is 15.7 Å². The van der Waals surface area contributed by atoms with Crippen molar-refractivity contribution in [2.75, 3.05) is 0 Å². The van der Waals surface area contributed by atoms with Crippen LogP contribution in [0, 0.1) is 6.92 Å². The lowest BCUT2D eigenvalue weighted by Gasteiger charge is -2.09. The molecule has 0 spiro atoms.